The second-order valence-electron chi connectivity index (χ2n) is 16.3. The minimum absolute atomic E-state index is 0.663. The first kappa shape index (κ1) is 50.4. The van der Waals surface area contributed by atoms with Crippen molar-refractivity contribution in [3.63, 3.8) is 0 Å². The predicted octanol–water partition coefficient (Wildman–Crippen LogP) is 17.1. The molecule has 2 nitrogen and oxygen atoms in total. The molecule has 296 valence electrons. The number of rotatable bonds is 40. The van der Waals surface area contributed by atoms with Gasteiger partial charge in [-0.3, -0.25) is 0 Å². The third-order valence-corrected chi connectivity index (χ3v) is 26.3. The molecule has 0 heterocycles. The summed E-state index contributed by atoms with van der Waals surface area (Å²) in [6.07, 6.45) is 45.7. The normalized spacial score (nSPS) is 13.7. The molecule has 0 bridgehead atoms. The summed E-state index contributed by atoms with van der Waals surface area (Å²) in [6, 6.07) is 0. The molecule has 0 N–H and O–H groups in total. The van der Waals surface area contributed by atoms with Gasteiger partial charge in [-0.15, -0.1) is 0 Å². The maximum Gasteiger partial charge on any atom is 0.199 e. The Morgan fingerprint density at radius 3 is 0.755 bits per heavy atom. The van der Waals surface area contributed by atoms with Crippen LogP contribution in [0.15, 0.2) is 0 Å². The van der Waals surface area contributed by atoms with Crippen molar-refractivity contribution in [2.45, 2.75) is 255 Å². The second-order valence-corrected chi connectivity index (χ2v) is 30.2. The Morgan fingerprint density at radius 1 is 0.347 bits per heavy atom. The minimum atomic E-state index is -1.69. The van der Waals surface area contributed by atoms with Crippen LogP contribution in [0, 0.1) is 0 Å². The van der Waals surface area contributed by atoms with Gasteiger partial charge in [-0.1, -0.05) is 228 Å². The molecule has 0 aromatic carbocycles. The Bertz CT molecular complexity index is 614. The van der Waals surface area contributed by atoms with Crippen LogP contribution in [0.1, 0.15) is 219 Å². The molecule has 2 atom stereocenters. The van der Waals surface area contributed by atoms with E-state index in [9.17, 15) is 0 Å². The standard InChI is InChI=1S/C42H90O2S3Si2/c1-9-11-13-15-17-19-21-23-25-27-29-31-33-35-37-39-41(48(5,6)43-3)45-47-46-42(49(7,8)44-4)40-38-36-34-32-30-28-26-24-22-20-18-16-14-12-10-2/h41-42H,9-40H2,1-8H3. The highest BCUT2D eigenvalue weighted by atomic mass is 33.5. The van der Waals surface area contributed by atoms with Gasteiger partial charge in [0.1, 0.15) is 0 Å². The van der Waals surface area contributed by atoms with Crippen molar-refractivity contribution in [3.8, 4) is 0 Å². The third-order valence-electron chi connectivity index (χ3n) is 11.1. The van der Waals surface area contributed by atoms with E-state index in [1.54, 1.807) is 0 Å². The van der Waals surface area contributed by atoms with Gasteiger partial charge in [0.25, 0.3) is 0 Å². The van der Waals surface area contributed by atoms with Crippen molar-refractivity contribution in [3.05, 3.63) is 0 Å². The first-order chi connectivity index (χ1) is 23.7. The van der Waals surface area contributed by atoms with Gasteiger partial charge in [0.2, 0.25) is 0 Å². The highest BCUT2D eigenvalue weighted by Gasteiger charge is 2.36. The van der Waals surface area contributed by atoms with E-state index in [0.29, 0.717) is 9.75 Å². The molecular weight excluding hydrogens is 689 g/mol. The van der Waals surface area contributed by atoms with E-state index in [1.807, 2.05) is 14.2 Å². The van der Waals surface area contributed by atoms with E-state index in [4.69, 9.17) is 8.85 Å². The Labute approximate surface area is 324 Å². The fourth-order valence-corrected chi connectivity index (χ4v) is 22.0. The van der Waals surface area contributed by atoms with Gasteiger partial charge in [0.05, 0.1) is 0 Å². The first-order valence-electron chi connectivity index (χ1n) is 21.8. The second kappa shape index (κ2) is 36.4. The van der Waals surface area contributed by atoms with Crippen LogP contribution in [0.2, 0.25) is 26.2 Å². The highest BCUT2D eigenvalue weighted by Crippen LogP contribution is 2.47. The Balaban J connectivity index is 4.15. The lowest BCUT2D eigenvalue weighted by Gasteiger charge is -2.32. The number of unbranched alkanes of at least 4 members (excludes halogenated alkanes) is 28. The summed E-state index contributed by atoms with van der Waals surface area (Å²) in [5.74, 6) is 0. The minimum Gasteiger partial charge on any atom is -0.419 e. The molecule has 7 heteroatoms. The summed E-state index contributed by atoms with van der Waals surface area (Å²) in [5, 5.41) is 0. The molecule has 0 aromatic heterocycles. The molecule has 0 aliphatic rings. The fourth-order valence-electron chi connectivity index (χ4n) is 6.81. The average molecular weight is 780 g/mol. The largest absolute Gasteiger partial charge is 0.419 e. The molecule has 0 aliphatic heterocycles. The maximum atomic E-state index is 6.16. The van der Waals surface area contributed by atoms with Crippen LogP contribution in [-0.2, 0) is 8.85 Å². The molecule has 0 fully saturated rings. The van der Waals surface area contributed by atoms with Crippen molar-refractivity contribution in [2.24, 2.45) is 0 Å². The van der Waals surface area contributed by atoms with Crippen LogP contribution in [0.3, 0.4) is 0 Å². The van der Waals surface area contributed by atoms with Crippen molar-refractivity contribution < 1.29 is 8.85 Å². The quantitative estimate of drug-likeness (QED) is 0.0349. The molecule has 0 rings (SSSR count). The molecule has 0 spiro atoms. The van der Waals surface area contributed by atoms with E-state index < -0.39 is 16.6 Å². The lowest BCUT2D eigenvalue weighted by Crippen LogP contribution is -2.42. The van der Waals surface area contributed by atoms with Crippen molar-refractivity contribution >= 4 is 48.0 Å². The third kappa shape index (κ3) is 31.5. The molecule has 0 saturated carbocycles. The topological polar surface area (TPSA) is 18.5 Å². The summed E-state index contributed by atoms with van der Waals surface area (Å²) in [5.41, 5.74) is 0. The predicted molar refractivity (Wildman–Crippen MR) is 238 cm³/mol. The fraction of sp³-hybridized carbons (Fsp3) is 1.00. The summed E-state index contributed by atoms with van der Waals surface area (Å²) >= 11 is 0. The number of hydrogen-bond acceptors (Lipinski definition) is 5. The maximum absolute atomic E-state index is 6.16. The highest BCUT2D eigenvalue weighted by molar-refractivity contribution is 9.09. The van der Waals surface area contributed by atoms with Gasteiger partial charge < -0.3 is 8.85 Å². The van der Waals surface area contributed by atoms with Crippen LogP contribution in [0.5, 0.6) is 0 Å². The van der Waals surface area contributed by atoms with E-state index in [1.165, 1.54) is 205 Å². The monoisotopic (exact) mass is 779 g/mol. The first-order valence-corrected chi connectivity index (χ1v) is 31.4. The molecular formula is C42H90O2S3Si2. The van der Waals surface area contributed by atoms with Gasteiger partial charge in [-0.05, 0) is 48.9 Å². The van der Waals surface area contributed by atoms with Crippen LogP contribution in [0.4, 0.5) is 0 Å². The van der Waals surface area contributed by atoms with Gasteiger partial charge in [-0.2, -0.15) is 0 Å². The van der Waals surface area contributed by atoms with Crippen LogP contribution in [0.25, 0.3) is 0 Å². The summed E-state index contributed by atoms with van der Waals surface area (Å²) in [6.45, 7) is 14.3. The zero-order valence-electron chi connectivity index (χ0n) is 34.8. The number of hydrogen-bond donors (Lipinski definition) is 0. The Hall–Kier alpha value is 1.40. The van der Waals surface area contributed by atoms with Gasteiger partial charge >= 0.3 is 0 Å². The van der Waals surface area contributed by atoms with Crippen LogP contribution in [-0.4, -0.2) is 40.6 Å². The molecule has 0 aliphatic carbocycles. The van der Waals surface area contributed by atoms with E-state index in [2.05, 4.69) is 71.4 Å². The Morgan fingerprint density at radius 2 is 0.551 bits per heavy atom. The Kier molecular flexibility index (Phi) is 37.4. The zero-order chi connectivity index (χ0) is 36.3. The summed E-state index contributed by atoms with van der Waals surface area (Å²) in [7, 11) is 6.89. The molecule has 0 amide bonds. The van der Waals surface area contributed by atoms with E-state index in [0.717, 1.165) is 0 Å². The molecule has 0 radical (unpaired) electrons. The molecule has 0 saturated heterocycles. The van der Waals surface area contributed by atoms with Gasteiger partial charge in [0, 0.05) is 24.0 Å². The summed E-state index contributed by atoms with van der Waals surface area (Å²) < 4.78 is 12.3. The van der Waals surface area contributed by atoms with Gasteiger partial charge in [-0.25, -0.2) is 0 Å². The lowest BCUT2D eigenvalue weighted by atomic mass is 10.0. The van der Waals surface area contributed by atoms with Crippen molar-refractivity contribution in [2.75, 3.05) is 14.2 Å². The van der Waals surface area contributed by atoms with Crippen LogP contribution < -0.4 is 0 Å². The van der Waals surface area contributed by atoms with Crippen molar-refractivity contribution in [1.29, 1.82) is 0 Å². The van der Waals surface area contributed by atoms with Crippen LogP contribution >= 0.6 is 31.4 Å². The molecule has 49 heavy (non-hydrogen) atoms. The van der Waals surface area contributed by atoms with E-state index >= 15 is 0 Å². The average Bonchev–Trinajstić information content (AvgIpc) is 3.09. The van der Waals surface area contributed by atoms with Crippen molar-refractivity contribution in [1.82, 2.24) is 0 Å². The lowest BCUT2D eigenvalue weighted by molar-refractivity contribution is 0.398. The molecule has 0 aromatic rings. The SMILES string of the molecule is CCCCCCCCCCCCCCCCCC(SSSC(CCCCCCCCCCCCCCCCC)[Si](C)(C)OC)[Si](C)(C)OC. The zero-order valence-corrected chi connectivity index (χ0v) is 39.3. The van der Waals surface area contributed by atoms with E-state index in [-0.39, 0.29) is 0 Å². The molecule has 2 unspecified atom stereocenters. The smallest absolute Gasteiger partial charge is 0.199 e. The van der Waals surface area contributed by atoms with Gasteiger partial charge in [0.15, 0.2) is 16.6 Å². The summed E-state index contributed by atoms with van der Waals surface area (Å²) in [4.78, 5) is 1.33.